The van der Waals surface area contributed by atoms with Crippen LogP contribution in [-0.2, 0) is 13.1 Å². The van der Waals surface area contributed by atoms with E-state index in [2.05, 4.69) is 27.5 Å². The molecule has 0 unspecified atom stereocenters. The Balaban J connectivity index is 1.53. The number of aryl methyl sites for hydroxylation is 1. The van der Waals surface area contributed by atoms with Gasteiger partial charge in [0, 0.05) is 37.4 Å². The summed E-state index contributed by atoms with van der Waals surface area (Å²) in [6, 6.07) is 7.40. The Morgan fingerprint density at radius 2 is 1.96 bits per heavy atom. The molecule has 24 heavy (non-hydrogen) atoms. The van der Waals surface area contributed by atoms with Crippen molar-refractivity contribution >= 4 is 17.5 Å². The van der Waals surface area contributed by atoms with Crippen LogP contribution in [0.1, 0.15) is 18.9 Å². The van der Waals surface area contributed by atoms with Gasteiger partial charge in [-0.05, 0) is 24.1 Å². The van der Waals surface area contributed by atoms with Crippen LogP contribution in [0.4, 0.5) is 16.3 Å². The van der Waals surface area contributed by atoms with E-state index in [9.17, 15) is 4.79 Å². The summed E-state index contributed by atoms with van der Waals surface area (Å²) < 4.78 is 3.93. The first-order valence-electron chi connectivity index (χ1n) is 7.87. The zero-order valence-electron chi connectivity index (χ0n) is 13.5. The predicted octanol–water partition coefficient (Wildman–Crippen LogP) is 3.18. The monoisotopic (exact) mass is 324 g/mol. The number of hydrogen-bond donors (Lipinski definition) is 2. The van der Waals surface area contributed by atoms with E-state index in [1.54, 1.807) is 18.9 Å². The Hall–Kier alpha value is -3.09. The molecule has 0 radical (unpaired) electrons. The van der Waals surface area contributed by atoms with E-state index in [4.69, 9.17) is 0 Å². The molecule has 0 saturated heterocycles. The minimum absolute atomic E-state index is 0.306. The maximum Gasteiger partial charge on any atom is 0.324 e. The average Bonchev–Trinajstić information content (AvgIpc) is 3.22. The maximum atomic E-state index is 12.0. The lowest BCUT2D eigenvalue weighted by Gasteiger charge is -2.07. The molecule has 0 atom stereocenters. The minimum atomic E-state index is -0.306. The van der Waals surface area contributed by atoms with Gasteiger partial charge in [-0.3, -0.25) is 5.32 Å². The minimum Gasteiger partial charge on any atom is -0.335 e. The Bertz CT molecular complexity index is 776. The summed E-state index contributed by atoms with van der Waals surface area (Å²) in [4.78, 5) is 20.2. The van der Waals surface area contributed by atoms with Crippen molar-refractivity contribution in [1.82, 2.24) is 19.1 Å². The second-order valence-corrected chi connectivity index (χ2v) is 5.51. The van der Waals surface area contributed by atoms with Crippen molar-refractivity contribution in [2.75, 3.05) is 10.6 Å². The molecule has 3 rings (SSSR count). The van der Waals surface area contributed by atoms with Gasteiger partial charge in [0.05, 0.1) is 12.7 Å². The van der Waals surface area contributed by atoms with E-state index < -0.39 is 0 Å². The summed E-state index contributed by atoms with van der Waals surface area (Å²) in [6.45, 7) is 3.73. The molecule has 0 fully saturated rings. The molecule has 2 heterocycles. The molecule has 0 saturated carbocycles. The van der Waals surface area contributed by atoms with E-state index in [1.165, 1.54) is 0 Å². The molecule has 0 aliphatic rings. The third-order valence-electron chi connectivity index (χ3n) is 3.49. The first kappa shape index (κ1) is 15.8. The Morgan fingerprint density at radius 1 is 1.12 bits per heavy atom. The van der Waals surface area contributed by atoms with Crippen LogP contribution < -0.4 is 10.6 Å². The molecule has 1 aromatic carbocycles. The highest BCUT2D eigenvalue weighted by Crippen LogP contribution is 2.12. The highest BCUT2D eigenvalue weighted by atomic mass is 16.2. The van der Waals surface area contributed by atoms with Gasteiger partial charge in [0.2, 0.25) is 0 Å². The molecule has 7 nitrogen and oxygen atoms in total. The van der Waals surface area contributed by atoms with Gasteiger partial charge in [0.25, 0.3) is 0 Å². The molecular weight excluding hydrogens is 304 g/mol. The predicted molar refractivity (Wildman–Crippen MR) is 92.9 cm³/mol. The fourth-order valence-corrected chi connectivity index (χ4v) is 2.37. The highest BCUT2D eigenvalue weighted by molar-refractivity contribution is 5.99. The lowest BCUT2D eigenvalue weighted by Crippen LogP contribution is -2.19. The Kier molecular flexibility index (Phi) is 4.90. The molecule has 124 valence electrons. The molecule has 0 aliphatic carbocycles. The molecule has 0 bridgehead atoms. The number of carbonyl (C=O) groups excluding carboxylic acids is 1. The quantitative estimate of drug-likeness (QED) is 0.731. The summed E-state index contributed by atoms with van der Waals surface area (Å²) in [7, 11) is 0. The second kappa shape index (κ2) is 7.45. The number of rotatable bonds is 6. The largest absolute Gasteiger partial charge is 0.335 e. The lowest BCUT2D eigenvalue weighted by atomic mass is 10.2. The van der Waals surface area contributed by atoms with Gasteiger partial charge in [-0.25, -0.2) is 14.8 Å². The highest BCUT2D eigenvalue weighted by Gasteiger charge is 2.05. The van der Waals surface area contributed by atoms with Crippen molar-refractivity contribution in [1.29, 1.82) is 0 Å². The number of amides is 2. The number of nitrogens with one attached hydrogen (secondary N) is 2. The van der Waals surface area contributed by atoms with Gasteiger partial charge < -0.3 is 14.5 Å². The van der Waals surface area contributed by atoms with Crippen LogP contribution in [-0.4, -0.2) is 25.1 Å². The van der Waals surface area contributed by atoms with E-state index in [1.807, 2.05) is 45.8 Å². The fraction of sp³-hybridized carbons (Fsp3) is 0.235. The molecular formula is C17H20N6O. The van der Waals surface area contributed by atoms with Crippen LogP contribution in [0.5, 0.6) is 0 Å². The molecule has 2 aromatic heterocycles. The molecule has 0 spiro atoms. The average molecular weight is 324 g/mol. The van der Waals surface area contributed by atoms with E-state index >= 15 is 0 Å². The number of anilines is 2. The number of aromatic nitrogens is 4. The zero-order valence-corrected chi connectivity index (χ0v) is 13.5. The number of carbonyl (C=O) groups is 1. The number of hydrogen-bond acceptors (Lipinski definition) is 3. The number of nitrogens with zero attached hydrogens (tertiary/aromatic N) is 4. The molecule has 2 N–H and O–H groups in total. The lowest BCUT2D eigenvalue weighted by molar-refractivity contribution is 0.262. The SMILES string of the molecule is CCCn1cnc(NC(=O)Nc2ccc(Cn3ccnc3)cc2)c1. The van der Waals surface area contributed by atoms with Crippen molar-refractivity contribution in [3.8, 4) is 0 Å². The summed E-state index contributed by atoms with van der Waals surface area (Å²) in [6.07, 6.45) is 9.99. The van der Waals surface area contributed by atoms with E-state index in [0.717, 1.165) is 30.8 Å². The van der Waals surface area contributed by atoms with Crippen LogP contribution in [0.15, 0.2) is 55.5 Å². The normalized spacial score (nSPS) is 10.5. The smallest absolute Gasteiger partial charge is 0.324 e. The second-order valence-electron chi connectivity index (χ2n) is 5.51. The van der Waals surface area contributed by atoms with Gasteiger partial charge in [-0.15, -0.1) is 0 Å². The molecule has 0 aliphatic heterocycles. The first-order chi connectivity index (χ1) is 11.7. The summed E-state index contributed by atoms with van der Waals surface area (Å²) in [5.41, 5.74) is 1.87. The van der Waals surface area contributed by atoms with Crippen molar-refractivity contribution in [2.24, 2.45) is 0 Å². The third-order valence-corrected chi connectivity index (χ3v) is 3.49. The fourth-order valence-electron chi connectivity index (χ4n) is 2.37. The maximum absolute atomic E-state index is 12.0. The van der Waals surface area contributed by atoms with Gasteiger partial charge >= 0.3 is 6.03 Å². The van der Waals surface area contributed by atoms with Crippen molar-refractivity contribution in [2.45, 2.75) is 26.4 Å². The van der Waals surface area contributed by atoms with Gasteiger partial charge in [-0.1, -0.05) is 19.1 Å². The van der Waals surface area contributed by atoms with Crippen molar-refractivity contribution < 1.29 is 4.79 Å². The Morgan fingerprint density at radius 3 is 2.67 bits per heavy atom. The Labute approximate surface area is 140 Å². The van der Waals surface area contributed by atoms with Crippen LogP contribution in [0.3, 0.4) is 0 Å². The first-order valence-corrected chi connectivity index (χ1v) is 7.87. The summed E-state index contributed by atoms with van der Waals surface area (Å²) in [5, 5.41) is 5.53. The van der Waals surface area contributed by atoms with E-state index in [-0.39, 0.29) is 6.03 Å². The molecule has 3 aromatic rings. The van der Waals surface area contributed by atoms with Crippen LogP contribution >= 0.6 is 0 Å². The summed E-state index contributed by atoms with van der Waals surface area (Å²) >= 11 is 0. The number of benzene rings is 1. The summed E-state index contributed by atoms with van der Waals surface area (Å²) in [5.74, 6) is 0.540. The van der Waals surface area contributed by atoms with Crippen LogP contribution in [0, 0.1) is 0 Å². The van der Waals surface area contributed by atoms with Crippen molar-refractivity contribution in [3.63, 3.8) is 0 Å². The van der Waals surface area contributed by atoms with Crippen LogP contribution in [0.25, 0.3) is 0 Å². The standard InChI is InChI=1S/C17H20N6O/c1-2-8-22-11-16(19-13-22)21-17(24)20-15-5-3-14(4-6-15)10-23-9-7-18-12-23/h3-7,9,11-13H,2,8,10H2,1H3,(H2,20,21,24). The van der Waals surface area contributed by atoms with Crippen molar-refractivity contribution in [3.05, 3.63) is 61.1 Å². The van der Waals surface area contributed by atoms with Gasteiger partial charge in [-0.2, -0.15) is 0 Å². The number of imidazole rings is 2. The van der Waals surface area contributed by atoms with Crippen LogP contribution in [0.2, 0.25) is 0 Å². The van der Waals surface area contributed by atoms with Gasteiger partial charge in [0.1, 0.15) is 0 Å². The molecule has 2 amide bonds. The number of urea groups is 1. The topological polar surface area (TPSA) is 76.8 Å². The van der Waals surface area contributed by atoms with Gasteiger partial charge in [0.15, 0.2) is 5.82 Å². The third kappa shape index (κ3) is 4.22. The zero-order chi connectivity index (χ0) is 16.8. The molecule has 7 heteroatoms. The van der Waals surface area contributed by atoms with E-state index in [0.29, 0.717) is 5.82 Å².